The second-order valence-electron chi connectivity index (χ2n) is 7.61. The number of carboxylic acid groups (broad SMARTS) is 1. The third-order valence-electron chi connectivity index (χ3n) is 5.48. The first-order valence-electron chi connectivity index (χ1n) is 12.6. The van der Waals surface area contributed by atoms with E-state index in [0.29, 0.717) is 28.7 Å². The molecule has 0 aliphatic rings. The highest BCUT2D eigenvalue weighted by Crippen LogP contribution is 2.31. The number of ether oxygens (including phenoxy) is 1. The van der Waals surface area contributed by atoms with Gasteiger partial charge in [0.1, 0.15) is 30.1 Å². The van der Waals surface area contributed by atoms with E-state index in [4.69, 9.17) is 9.15 Å². The van der Waals surface area contributed by atoms with E-state index in [-0.39, 0.29) is 18.0 Å². The van der Waals surface area contributed by atoms with E-state index in [9.17, 15) is 14.7 Å². The van der Waals surface area contributed by atoms with E-state index in [1.165, 1.54) is 0 Å². The standard InChI is InChI=1S/C25H29NO5.2C2H6/c1-5-26(6-2)11-12-30-25-16(3)13-18(14-17(25)4)24(29)23-19-9-7-8-10-20(19)31-21(23)15-22(27)28;2*1-2/h7-10,13-14H,5-6,11-12,15H2,1-4H3,(H,27,28);2*1-2H3. The molecular weight excluding hydrogens is 442 g/mol. The van der Waals surface area contributed by atoms with Gasteiger partial charge in [0.15, 0.2) is 5.78 Å². The van der Waals surface area contributed by atoms with Gasteiger partial charge in [0.05, 0.1) is 5.56 Å². The van der Waals surface area contributed by atoms with Crippen LogP contribution >= 0.6 is 0 Å². The normalized spacial score (nSPS) is 10.3. The maximum atomic E-state index is 13.4. The van der Waals surface area contributed by atoms with Crippen molar-refractivity contribution in [3.8, 4) is 5.75 Å². The number of nitrogens with zero attached hydrogens (tertiary/aromatic N) is 1. The lowest BCUT2D eigenvalue weighted by atomic mass is 9.96. The fraction of sp³-hybridized carbons (Fsp3) is 0.448. The first-order valence-corrected chi connectivity index (χ1v) is 12.6. The quantitative estimate of drug-likeness (QED) is 0.324. The summed E-state index contributed by atoms with van der Waals surface area (Å²) in [6.45, 7) is 19.4. The summed E-state index contributed by atoms with van der Waals surface area (Å²) in [5, 5.41) is 9.88. The van der Waals surface area contributed by atoms with Crippen LogP contribution in [-0.4, -0.2) is 48.0 Å². The summed E-state index contributed by atoms with van der Waals surface area (Å²) in [7, 11) is 0. The van der Waals surface area contributed by atoms with Gasteiger partial charge in [-0.25, -0.2) is 0 Å². The number of benzene rings is 2. The minimum atomic E-state index is -1.04. The Morgan fingerprint density at radius 3 is 2.09 bits per heavy atom. The van der Waals surface area contributed by atoms with Crippen molar-refractivity contribution in [3.63, 3.8) is 0 Å². The van der Waals surface area contributed by atoms with E-state index in [0.717, 1.165) is 36.5 Å². The molecule has 1 N–H and O–H groups in total. The minimum Gasteiger partial charge on any atom is -0.492 e. The van der Waals surface area contributed by atoms with E-state index >= 15 is 0 Å². The maximum absolute atomic E-state index is 13.4. The van der Waals surface area contributed by atoms with Gasteiger partial charge in [-0.2, -0.15) is 0 Å². The topological polar surface area (TPSA) is 80.0 Å². The van der Waals surface area contributed by atoms with Crippen LogP contribution in [-0.2, 0) is 11.2 Å². The monoisotopic (exact) mass is 483 g/mol. The van der Waals surface area contributed by atoms with Crippen molar-refractivity contribution in [2.75, 3.05) is 26.2 Å². The largest absolute Gasteiger partial charge is 0.492 e. The van der Waals surface area contributed by atoms with Crippen molar-refractivity contribution in [3.05, 3.63) is 64.4 Å². The number of para-hydroxylation sites is 1. The molecule has 0 aliphatic carbocycles. The van der Waals surface area contributed by atoms with Crippen LogP contribution in [0.4, 0.5) is 0 Å². The van der Waals surface area contributed by atoms with Crippen molar-refractivity contribution in [2.45, 2.75) is 61.8 Å². The van der Waals surface area contributed by atoms with Crippen LogP contribution in [0.1, 0.15) is 74.4 Å². The van der Waals surface area contributed by atoms with Crippen LogP contribution in [0.5, 0.6) is 5.75 Å². The summed E-state index contributed by atoms with van der Waals surface area (Å²) in [5.41, 5.74) is 3.05. The molecule has 35 heavy (non-hydrogen) atoms. The molecule has 0 atom stereocenters. The van der Waals surface area contributed by atoms with Gasteiger partial charge in [0.2, 0.25) is 0 Å². The van der Waals surface area contributed by atoms with E-state index in [2.05, 4.69) is 18.7 Å². The number of fused-ring (bicyclic) bond motifs is 1. The Morgan fingerprint density at radius 1 is 0.971 bits per heavy atom. The third-order valence-corrected chi connectivity index (χ3v) is 5.48. The summed E-state index contributed by atoms with van der Waals surface area (Å²) in [6.07, 6.45) is -0.347. The lowest BCUT2D eigenvalue weighted by Crippen LogP contribution is -2.28. The molecule has 3 aromatic rings. The summed E-state index contributed by atoms with van der Waals surface area (Å²) < 4.78 is 11.7. The number of aliphatic carboxylic acids is 1. The van der Waals surface area contributed by atoms with Crippen LogP contribution in [0.15, 0.2) is 40.8 Å². The third kappa shape index (κ3) is 7.69. The summed E-state index contributed by atoms with van der Waals surface area (Å²) in [4.78, 5) is 27.0. The zero-order chi connectivity index (χ0) is 26.5. The summed E-state index contributed by atoms with van der Waals surface area (Å²) in [6, 6.07) is 10.7. The van der Waals surface area contributed by atoms with Gasteiger partial charge in [-0.3, -0.25) is 9.59 Å². The highest BCUT2D eigenvalue weighted by molar-refractivity contribution is 6.17. The Hall–Kier alpha value is -3.12. The number of carboxylic acids is 1. The average Bonchev–Trinajstić information content (AvgIpc) is 3.22. The Balaban J connectivity index is 0.00000145. The fourth-order valence-corrected chi connectivity index (χ4v) is 3.88. The van der Waals surface area contributed by atoms with Crippen LogP contribution in [0.2, 0.25) is 0 Å². The number of hydrogen-bond donors (Lipinski definition) is 1. The predicted molar refractivity (Wildman–Crippen MR) is 143 cm³/mol. The zero-order valence-corrected chi connectivity index (χ0v) is 22.5. The number of likely N-dealkylation sites (N-methyl/N-ethyl adjacent to an activating group) is 1. The lowest BCUT2D eigenvalue weighted by Gasteiger charge is -2.19. The highest BCUT2D eigenvalue weighted by Gasteiger charge is 2.24. The van der Waals surface area contributed by atoms with Crippen molar-refractivity contribution in [1.29, 1.82) is 0 Å². The molecule has 6 heteroatoms. The van der Waals surface area contributed by atoms with E-state index in [1.807, 2.05) is 47.6 Å². The van der Waals surface area contributed by atoms with Crippen LogP contribution in [0.25, 0.3) is 11.0 Å². The Bertz CT molecular complexity index is 1070. The first-order chi connectivity index (χ1) is 16.8. The van der Waals surface area contributed by atoms with Crippen molar-refractivity contribution < 1.29 is 23.8 Å². The summed E-state index contributed by atoms with van der Waals surface area (Å²) in [5.74, 6) is -0.334. The van der Waals surface area contributed by atoms with Gasteiger partial charge in [-0.05, 0) is 56.3 Å². The van der Waals surface area contributed by atoms with E-state index in [1.54, 1.807) is 30.3 Å². The molecule has 2 aromatic carbocycles. The summed E-state index contributed by atoms with van der Waals surface area (Å²) >= 11 is 0. The zero-order valence-electron chi connectivity index (χ0n) is 22.5. The number of carbonyl (C=O) groups is 2. The van der Waals surface area contributed by atoms with Gasteiger partial charge < -0.3 is 19.2 Å². The van der Waals surface area contributed by atoms with Gasteiger partial charge in [0.25, 0.3) is 0 Å². The van der Waals surface area contributed by atoms with Crippen molar-refractivity contribution in [1.82, 2.24) is 4.90 Å². The molecule has 0 saturated carbocycles. The second-order valence-corrected chi connectivity index (χ2v) is 7.61. The Kier molecular flexibility index (Phi) is 12.8. The average molecular weight is 484 g/mol. The molecule has 3 rings (SSSR count). The molecule has 0 fully saturated rings. The number of hydrogen-bond acceptors (Lipinski definition) is 5. The molecule has 1 aromatic heterocycles. The molecule has 1 heterocycles. The lowest BCUT2D eigenvalue weighted by molar-refractivity contribution is -0.136. The first kappa shape index (κ1) is 29.9. The van der Waals surface area contributed by atoms with Crippen LogP contribution in [0, 0.1) is 13.8 Å². The molecule has 0 unspecified atom stereocenters. The number of furan rings is 1. The second kappa shape index (κ2) is 15.0. The number of aryl methyl sites for hydroxylation is 2. The molecule has 0 aliphatic heterocycles. The maximum Gasteiger partial charge on any atom is 0.311 e. The van der Waals surface area contributed by atoms with Gasteiger partial charge in [0, 0.05) is 17.5 Å². The number of rotatable bonds is 10. The SMILES string of the molecule is CC.CC.CCN(CC)CCOc1c(C)cc(C(=O)c2c(CC(=O)O)oc3ccccc23)cc1C. The Labute approximate surface area is 209 Å². The van der Waals surface area contributed by atoms with Crippen LogP contribution in [0.3, 0.4) is 0 Å². The van der Waals surface area contributed by atoms with Crippen molar-refractivity contribution in [2.24, 2.45) is 0 Å². The minimum absolute atomic E-state index is 0.175. The molecule has 0 amide bonds. The molecule has 0 radical (unpaired) electrons. The molecule has 0 bridgehead atoms. The van der Waals surface area contributed by atoms with Crippen LogP contribution < -0.4 is 4.74 Å². The van der Waals surface area contributed by atoms with Gasteiger partial charge in [-0.1, -0.05) is 59.7 Å². The molecular formula is C29H41NO5. The molecule has 0 spiro atoms. The van der Waals surface area contributed by atoms with Gasteiger partial charge >= 0.3 is 5.97 Å². The molecule has 0 saturated heterocycles. The van der Waals surface area contributed by atoms with Crippen molar-refractivity contribution >= 4 is 22.7 Å². The predicted octanol–water partition coefficient (Wildman–Crippen LogP) is 6.68. The number of ketones is 1. The van der Waals surface area contributed by atoms with Gasteiger partial charge in [-0.15, -0.1) is 0 Å². The molecule has 6 nitrogen and oxygen atoms in total. The smallest absolute Gasteiger partial charge is 0.311 e. The fourth-order valence-electron chi connectivity index (χ4n) is 3.88. The number of carbonyl (C=O) groups excluding carboxylic acids is 1. The Morgan fingerprint density at radius 2 is 1.54 bits per heavy atom. The highest BCUT2D eigenvalue weighted by atomic mass is 16.5. The van der Waals surface area contributed by atoms with E-state index < -0.39 is 5.97 Å². The molecule has 192 valence electrons.